The van der Waals surface area contributed by atoms with E-state index in [0.29, 0.717) is 5.92 Å². The molecule has 0 amide bonds. The van der Waals surface area contributed by atoms with E-state index in [2.05, 4.69) is 20.8 Å². The number of hydrogen-bond donors (Lipinski definition) is 0. The first-order chi connectivity index (χ1) is 5.04. The molecular formula is C10H21O. The molecule has 0 aliphatic carbocycles. The highest BCUT2D eigenvalue weighted by molar-refractivity contribution is 4.77. The van der Waals surface area contributed by atoms with Gasteiger partial charge in [-0.15, -0.1) is 0 Å². The van der Waals surface area contributed by atoms with E-state index in [1.54, 1.807) is 0 Å². The van der Waals surface area contributed by atoms with Gasteiger partial charge < -0.3 is 0 Å². The maximum Gasteiger partial charge on any atom is 0.103 e. The Kier molecular flexibility index (Phi) is 4.74. The molecule has 0 aromatic heterocycles. The maximum absolute atomic E-state index is 11.8. The van der Waals surface area contributed by atoms with Gasteiger partial charge in [-0.2, -0.15) is 0 Å². The molecule has 1 nitrogen and oxygen atoms in total. The van der Waals surface area contributed by atoms with E-state index in [1.165, 1.54) is 0 Å². The predicted octanol–water partition coefficient (Wildman–Crippen LogP) is 3.41. The minimum atomic E-state index is -0.690. The van der Waals surface area contributed by atoms with Crippen molar-refractivity contribution in [2.45, 2.75) is 59.0 Å². The molecule has 2 unspecified atom stereocenters. The minimum absolute atomic E-state index is 0.314. The zero-order valence-corrected chi connectivity index (χ0v) is 8.31. The molecule has 2 atom stereocenters. The van der Waals surface area contributed by atoms with Crippen LogP contribution in [-0.4, -0.2) is 5.60 Å². The Morgan fingerprint density at radius 1 is 1.36 bits per heavy atom. The SMILES string of the molecule is CCCCC(C)([O])C(C)CC. The van der Waals surface area contributed by atoms with Crippen molar-refractivity contribution in [2.24, 2.45) is 5.92 Å². The second-order valence-corrected chi connectivity index (χ2v) is 3.73. The molecule has 0 aromatic rings. The van der Waals surface area contributed by atoms with E-state index in [9.17, 15) is 5.11 Å². The lowest BCUT2D eigenvalue weighted by atomic mass is 9.84. The summed E-state index contributed by atoms with van der Waals surface area (Å²) in [5.74, 6) is 0.314. The lowest BCUT2D eigenvalue weighted by molar-refractivity contribution is -0.0660. The van der Waals surface area contributed by atoms with Crippen molar-refractivity contribution in [2.75, 3.05) is 0 Å². The highest BCUT2D eigenvalue weighted by Crippen LogP contribution is 2.26. The van der Waals surface area contributed by atoms with Crippen LogP contribution in [0.5, 0.6) is 0 Å². The van der Waals surface area contributed by atoms with Crippen molar-refractivity contribution < 1.29 is 5.11 Å². The molecule has 0 fully saturated rings. The smallest absolute Gasteiger partial charge is 0.103 e. The van der Waals surface area contributed by atoms with Crippen LogP contribution in [0, 0.1) is 5.92 Å². The monoisotopic (exact) mass is 157 g/mol. The van der Waals surface area contributed by atoms with E-state index < -0.39 is 5.60 Å². The van der Waals surface area contributed by atoms with Crippen LogP contribution in [0.25, 0.3) is 0 Å². The summed E-state index contributed by atoms with van der Waals surface area (Å²) >= 11 is 0. The summed E-state index contributed by atoms with van der Waals surface area (Å²) in [6, 6.07) is 0. The minimum Gasteiger partial charge on any atom is -0.230 e. The second kappa shape index (κ2) is 4.76. The van der Waals surface area contributed by atoms with Gasteiger partial charge in [0.25, 0.3) is 0 Å². The Labute approximate surface area is 70.8 Å². The fourth-order valence-corrected chi connectivity index (χ4v) is 1.21. The highest BCUT2D eigenvalue weighted by atomic mass is 16.3. The molecule has 0 rings (SSSR count). The molecule has 0 heterocycles. The molecule has 0 aromatic carbocycles. The van der Waals surface area contributed by atoms with Gasteiger partial charge in [0.2, 0.25) is 0 Å². The van der Waals surface area contributed by atoms with Gasteiger partial charge in [0.15, 0.2) is 0 Å². The van der Waals surface area contributed by atoms with Gasteiger partial charge in [0.1, 0.15) is 5.60 Å². The van der Waals surface area contributed by atoms with E-state index >= 15 is 0 Å². The quantitative estimate of drug-likeness (QED) is 0.583. The number of hydrogen-bond acceptors (Lipinski definition) is 0. The van der Waals surface area contributed by atoms with E-state index in [-0.39, 0.29) is 0 Å². The molecule has 0 N–H and O–H groups in total. The third-order valence-corrected chi connectivity index (χ3v) is 2.68. The zero-order chi connectivity index (χ0) is 8.91. The van der Waals surface area contributed by atoms with Gasteiger partial charge in [-0.05, 0) is 19.3 Å². The zero-order valence-electron chi connectivity index (χ0n) is 8.31. The van der Waals surface area contributed by atoms with E-state index in [4.69, 9.17) is 0 Å². The van der Waals surface area contributed by atoms with Crippen LogP contribution >= 0.6 is 0 Å². The van der Waals surface area contributed by atoms with Gasteiger partial charge in [0, 0.05) is 0 Å². The normalized spacial score (nSPS) is 19.4. The van der Waals surface area contributed by atoms with Crippen molar-refractivity contribution in [3.63, 3.8) is 0 Å². The predicted molar refractivity (Wildman–Crippen MR) is 48.1 cm³/mol. The molecule has 0 aliphatic heterocycles. The molecule has 0 aliphatic rings. The van der Waals surface area contributed by atoms with Crippen LogP contribution < -0.4 is 0 Å². The first-order valence-electron chi connectivity index (χ1n) is 4.75. The average molecular weight is 157 g/mol. The molecular weight excluding hydrogens is 136 g/mol. The Balaban J connectivity index is 3.77. The largest absolute Gasteiger partial charge is 0.230 e. The van der Waals surface area contributed by atoms with Crippen molar-refractivity contribution in [3.05, 3.63) is 0 Å². The summed E-state index contributed by atoms with van der Waals surface area (Å²) < 4.78 is 0. The van der Waals surface area contributed by atoms with Crippen LogP contribution in [0.15, 0.2) is 0 Å². The van der Waals surface area contributed by atoms with E-state index in [0.717, 1.165) is 25.7 Å². The molecule has 0 saturated heterocycles. The molecule has 1 heteroatoms. The first kappa shape index (κ1) is 11.0. The van der Waals surface area contributed by atoms with Crippen molar-refractivity contribution in [1.82, 2.24) is 0 Å². The van der Waals surface area contributed by atoms with Gasteiger partial charge in [-0.1, -0.05) is 40.0 Å². The van der Waals surface area contributed by atoms with Crippen LogP contribution in [0.1, 0.15) is 53.4 Å². The van der Waals surface area contributed by atoms with Crippen molar-refractivity contribution >= 4 is 0 Å². The second-order valence-electron chi connectivity index (χ2n) is 3.73. The van der Waals surface area contributed by atoms with Gasteiger partial charge in [0.05, 0.1) is 0 Å². The molecule has 0 spiro atoms. The third-order valence-electron chi connectivity index (χ3n) is 2.68. The lowest BCUT2D eigenvalue weighted by Crippen LogP contribution is -2.30. The Hall–Kier alpha value is -0.0400. The van der Waals surface area contributed by atoms with Crippen LogP contribution in [0.2, 0.25) is 0 Å². The van der Waals surface area contributed by atoms with Crippen LogP contribution in [0.4, 0.5) is 0 Å². The van der Waals surface area contributed by atoms with Crippen molar-refractivity contribution in [3.8, 4) is 0 Å². The fourth-order valence-electron chi connectivity index (χ4n) is 1.21. The Morgan fingerprint density at radius 3 is 2.27 bits per heavy atom. The molecule has 11 heavy (non-hydrogen) atoms. The number of unbranched alkanes of at least 4 members (excludes halogenated alkanes) is 1. The average Bonchev–Trinajstić information content (AvgIpc) is 1.99. The summed E-state index contributed by atoms with van der Waals surface area (Å²) in [7, 11) is 0. The standard InChI is InChI=1S/C10H21O/c1-5-7-8-10(4,11)9(3)6-2/h9H,5-8H2,1-4H3. The summed E-state index contributed by atoms with van der Waals surface area (Å²) in [6.45, 7) is 8.12. The van der Waals surface area contributed by atoms with Crippen LogP contribution in [0.3, 0.4) is 0 Å². The topological polar surface area (TPSA) is 19.9 Å². The van der Waals surface area contributed by atoms with Crippen molar-refractivity contribution in [1.29, 1.82) is 0 Å². The molecule has 0 saturated carbocycles. The third kappa shape index (κ3) is 3.76. The summed E-state index contributed by atoms with van der Waals surface area (Å²) in [5, 5.41) is 11.8. The van der Waals surface area contributed by atoms with Crippen LogP contribution in [-0.2, 0) is 5.11 Å². The van der Waals surface area contributed by atoms with Gasteiger partial charge >= 0.3 is 0 Å². The first-order valence-corrected chi connectivity index (χ1v) is 4.75. The Morgan fingerprint density at radius 2 is 1.91 bits per heavy atom. The van der Waals surface area contributed by atoms with Gasteiger partial charge in [-0.25, -0.2) is 5.11 Å². The lowest BCUT2D eigenvalue weighted by Gasteiger charge is -2.26. The summed E-state index contributed by atoms with van der Waals surface area (Å²) in [4.78, 5) is 0. The highest BCUT2D eigenvalue weighted by Gasteiger charge is 2.27. The summed E-state index contributed by atoms with van der Waals surface area (Å²) in [5.41, 5.74) is -0.690. The maximum atomic E-state index is 11.8. The Bertz CT molecular complexity index is 97.0. The molecule has 0 bridgehead atoms. The van der Waals surface area contributed by atoms with E-state index in [1.807, 2.05) is 6.92 Å². The summed E-state index contributed by atoms with van der Waals surface area (Å²) in [6.07, 6.45) is 4.04. The van der Waals surface area contributed by atoms with Gasteiger partial charge in [-0.3, -0.25) is 0 Å². The molecule has 1 radical (unpaired) electrons. The fraction of sp³-hybridized carbons (Fsp3) is 1.00. The number of rotatable bonds is 5. The molecule has 67 valence electrons.